The Labute approximate surface area is 236 Å². The monoisotopic (exact) mass is 557 g/mol. The maximum atomic E-state index is 13.7. The summed E-state index contributed by atoms with van der Waals surface area (Å²) in [6.45, 7) is 4.17. The minimum absolute atomic E-state index is 0.122. The van der Waals surface area contributed by atoms with E-state index in [1.165, 1.54) is 0 Å². The number of carbonyl (C=O) groups is 4. The fourth-order valence-corrected chi connectivity index (χ4v) is 5.82. The van der Waals surface area contributed by atoms with E-state index < -0.39 is 41.5 Å². The first-order valence-electron chi connectivity index (χ1n) is 14.4. The highest BCUT2D eigenvalue weighted by Crippen LogP contribution is 2.33. The van der Waals surface area contributed by atoms with Gasteiger partial charge in [0.1, 0.15) is 17.4 Å². The van der Waals surface area contributed by atoms with E-state index in [2.05, 4.69) is 10.6 Å². The predicted molar refractivity (Wildman–Crippen MR) is 147 cm³/mol. The zero-order valence-corrected chi connectivity index (χ0v) is 23.8. The van der Waals surface area contributed by atoms with Crippen LogP contribution >= 0.6 is 0 Å². The number of benzene rings is 1. The molecule has 0 bridgehead atoms. The van der Waals surface area contributed by atoms with Crippen LogP contribution in [0.25, 0.3) is 0 Å². The number of hydrogen-bond acceptors (Lipinski definition) is 7. The lowest BCUT2D eigenvalue weighted by Crippen LogP contribution is -2.56. The molecule has 6 atom stereocenters. The summed E-state index contributed by atoms with van der Waals surface area (Å²) >= 11 is 0. The summed E-state index contributed by atoms with van der Waals surface area (Å²) in [4.78, 5) is 52.2. The van der Waals surface area contributed by atoms with E-state index in [4.69, 9.17) is 19.9 Å². The number of amides is 3. The van der Waals surface area contributed by atoms with Gasteiger partial charge in [-0.2, -0.15) is 0 Å². The van der Waals surface area contributed by atoms with Crippen molar-refractivity contribution in [3.8, 4) is 5.75 Å². The molecule has 1 aromatic rings. The average molecular weight is 558 g/mol. The van der Waals surface area contributed by atoms with Crippen LogP contribution in [0.4, 0.5) is 0 Å². The first kappa shape index (κ1) is 30.0. The Morgan fingerprint density at radius 3 is 2.30 bits per heavy atom. The number of rotatable bonds is 13. The first-order chi connectivity index (χ1) is 19.1. The highest BCUT2D eigenvalue weighted by atomic mass is 16.6. The number of primary amides is 1. The molecule has 3 amide bonds. The largest absolute Gasteiger partial charge is 0.497 e. The minimum Gasteiger partial charge on any atom is -0.497 e. The van der Waals surface area contributed by atoms with E-state index in [1.807, 2.05) is 12.1 Å². The lowest BCUT2D eigenvalue weighted by Gasteiger charge is -2.32. The quantitative estimate of drug-likeness (QED) is 0.314. The molecule has 2 unspecified atom stereocenters. The highest BCUT2D eigenvalue weighted by molar-refractivity contribution is 5.98. The zero-order valence-electron chi connectivity index (χ0n) is 23.8. The van der Waals surface area contributed by atoms with Gasteiger partial charge in [0, 0.05) is 18.9 Å². The number of ketones is 1. The molecule has 40 heavy (non-hydrogen) atoms. The van der Waals surface area contributed by atoms with Crippen molar-refractivity contribution >= 4 is 23.5 Å². The van der Waals surface area contributed by atoms with Crippen molar-refractivity contribution in [1.29, 1.82) is 0 Å². The molecule has 0 radical (unpaired) electrons. The molecule has 1 saturated carbocycles. The van der Waals surface area contributed by atoms with Crippen molar-refractivity contribution in [2.75, 3.05) is 20.3 Å². The topological polar surface area (TPSA) is 149 Å². The van der Waals surface area contributed by atoms with E-state index in [-0.39, 0.29) is 24.0 Å². The maximum Gasteiger partial charge on any atom is 0.243 e. The van der Waals surface area contributed by atoms with Crippen LogP contribution < -0.4 is 21.1 Å². The lowest BCUT2D eigenvalue weighted by molar-refractivity contribution is -0.139. The Bertz CT molecular complexity index is 1070. The summed E-state index contributed by atoms with van der Waals surface area (Å²) < 4.78 is 16.5. The number of nitrogens with two attached hydrogens (primary N) is 1. The van der Waals surface area contributed by atoms with E-state index in [0.29, 0.717) is 44.1 Å². The summed E-state index contributed by atoms with van der Waals surface area (Å²) in [5.41, 5.74) is 5.46. The number of methoxy groups -OCH3 is 1. The fraction of sp³-hybridized carbons (Fsp3) is 0.667. The summed E-state index contributed by atoms with van der Waals surface area (Å²) in [5, 5.41) is 5.88. The second-order valence-corrected chi connectivity index (χ2v) is 11.8. The van der Waals surface area contributed by atoms with Crippen LogP contribution in [0.1, 0.15) is 64.4 Å². The number of carbonyl (C=O) groups excluding carboxylic acids is 4. The Hall–Kier alpha value is -2.98. The van der Waals surface area contributed by atoms with E-state index in [9.17, 15) is 19.2 Å². The SMILES string of the molecule is COc1ccc(C[C@H](NC(=O)[C@H](C)C2CC(C(N)=O)CCO2)C(=O)N[C@@H](CC2CCCC2)C(=O)[C@@]2(C)CO2)cc1. The van der Waals surface area contributed by atoms with Crippen LogP contribution in [0.2, 0.25) is 0 Å². The first-order valence-corrected chi connectivity index (χ1v) is 14.4. The highest BCUT2D eigenvalue weighted by Gasteiger charge is 2.50. The van der Waals surface area contributed by atoms with Crippen molar-refractivity contribution in [3.63, 3.8) is 0 Å². The molecule has 10 nitrogen and oxygen atoms in total. The average Bonchev–Trinajstić information content (AvgIpc) is 3.50. The van der Waals surface area contributed by atoms with Gasteiger partial charge in [-0.05, 0) is 49.8 Å². The zero-order chi connectivity index (χ0) is 28.9. The molecule has 220 valence electrons. The minimum atomic E-state index is -0.925. The van der Waals surface area contributed by atoms with Gasteiger partial charge in [0.15, 0.2) is 5.78 Å². The third-order valence-electron chi connectivity index (χ3n) is 8.70. The smallest absolute Gasteiger partial charge is 0.243 e. The van der Waals surface area contributed by atoms with Crippen LogP contribution in [-0.2, 0) is 35.1 Å². The molecule has 4 N–H and O–H groups in total. The van der Waals surface area contributed by atoms with Crippen molar-refractivity contribution in [1.82, 2.24) is 10.6 Å². The molecule has 0 spiro atoms. The summed E-state index contributed by atoms with van der Waals surface area (Å²) in [7, 11) is 1.58. The molecular formula is C30H43N3O7. The fourth-order valence-electron chi connectivity index (χ4n) is 5.82. The molecule has 10 heteroatoms. The van der Waals surface area contributed by atoms with Gasteiger partial charge < -0.3 is 30.6 Å². The van der Waals surface area contributed by atoms with Crippen molar-refractivity contribution in [2.24, 2.45) is 23.5 Å². The molecule has 2 saturated heterocycles. The van der Waals surface area contributed by atoms with Crippen molar-refractivity contribution in [3.05, 3.63) is 29.8 Å². The normalized spacial score (nSPS) is 26.8. The molecular weight excluding hydrogens is 514 g/mol. The Kier molecular flexibility index (Phi) is 9.84. The Morgan fingerprint density at radius 1 is 1.05 bits per heavy atom. The Morgan fingerprint density at radius 2 is 1.70 bits per heavy atom. The second kappa shape index (κ2) is 13.1. The molecule has 3 fully saturated rings. The number of Topliss-reactive ketones (excluding diaryl/α,β-unsaturated/α-hetero) is 1. The second-order valence-electron chi connectivity index (χ2n) is 11.8. The van der Waals surface area contributed by atoms with Gasteiger partial charge in [-0.3, -0.25) is 19.2 Å². The molecule has 1 aliphatic carbocycles. The van der Waals surface area contributed by atoms with Gasteiger partial charge in [-0.25, -0.2) is 0 Å². The molecule has 2 heterocycles. The van der Waals surface area contributed by atoms with Crippen LogP contribution in [0, 0.1) is 17.8 Å². The predicted octanol–water partition coefficient (Wildman–Crippen LogP) is 2.06. The van der Waals surface area contributed by atoms with Gasteiger partial charge in [0.25, 0.3) is 0 Å². The van der Waals surface area contributed by atoms with Crippen LogP contribution in [-0.4, -0.2) is 67.6 Å². The van der Waals surface area contributed by atoms with Crippen LogP contribution in [0.3, 0.4) is 0 Å². The third kappa shape index (κ3) is 7.60. The van der Waals surface area contributed by atoms with E-state index in [1.54, 1.807) is 33.1 Å². The third-order valence-corrected chi connectivity index (χ3v) is 8.70. The van der Waals surface area contributed by atoms with Crippen molar-refractivity contribution in [2.45, 2.75) is 89.0 Å². The van der Waals surface area contributed by atoms with Crippen molar-refractivity contribution < 1.29 is 33.4 Å². The Balaban J connectivity index is 1.49. The van der Waals surface area contributed by atoms with E-state index in [0.717, 1.165) is 31.2 Å². The number of nitrogens with one attached hydrogen (secondary N) is 2. The number of ether oxygens (including phenoxy) is 3. The standard InChI is InChI=1S/C30H43N3O7/c1-18(25-16-21(27(31)35)12-13-39-25)28(36)33-24(15-20-8-10-22(38-3)11-9-20)29(37)32-23(14-19-6-4-5-7-19)26(34)30(2)17-40-30/h8-11,18-19,21,23-25H,4-7,12-17H2,1-3H3,(H2,31,35)(H,32,37)(H,33,36)/t18-,21?,23+,24+,25?,30-/m1/s1. The maximum absolute atomic E-state index is 13.7. The number of hydrogen-bond donors (Lipinski definition) is 3. The van der Waals surface area contributed by atoms with Gasteiger partial charge in [0.2, 0.25) is 17.7 Å². The van der Waals surface area contributed by atoms with Gasteiger partial charge >= 0.3 is 0 Å². The van der Waals surface area contributed by atoms with Gasteiger partial charge in [-0.1, -0.05) is 44.7 Å². The molecule has 3 aliphatic rings. The summed E-state index contributed by atoms with van der Waals surface area (Å²) in [6, 6.07) is 5.67. The summed E-state index contributed by atoms with van der Waals surface area (Å²) in [5.74, 6) is -1.21. The van der Waals surface area contributed by atoms with Gasteiger partial charge in [0.05, 0.1) is 31.8 Å². The molecule has 1 aromatic carbocycles. The number of epoxide rings is 1. The van der Waals surface area contributed by atoms with Crippen LogP contribution in [0.5, 0.6) is 5.75 Å². The molecule has 4 rings (SSSR count). The molecule has 2 aliphatic heterocycles. The molecule has 0 aromatic heterocycles. The summed E-state index contributed by atoms with van der Waals surface area (Å²) in [6.07, 6.45) is 5.51. The van der Waals surface area contributed by atoms with E-state index >= 15 is 0 Å². The lowest BCUT2D eigenvalue weighted by atomic mass is 9.88. The van der Waals surface area contributed by atoms with Crippen LogP contribution in [0.15, 0.2) is 24.3 Å². The van der Waals surface area contributed by atoms with Gasteiger partial charge in [-0.15, -0.1) is 0 Å².